The van der Waals surface area contributed by atoms with Crippen LogP contribution in [-0.2, 0) is 6.54 Å². The van der Waals surface area contributed by atoms with Crippen molar-refractivity contribution in [2.24, 2.45) is 0 Å². The predicted molar refractivity (Wildman–Crippen MR) is 92.1 cm³/mol. The van der Waals surface area contributed by atoms with E-state index >= 15 is 0 Å². The van der Waals surface area contributed by atoms with Gasteiger partial charge in [0.1, 0.15) is 5.56 Å². The van der Waals surface area contributed by atoms with Crippen LogP contribution in [0.1, 0.15) is 15.9 Å². The molecule has 0 bridgehead atoms. The maximum atomic E-state index is 12.5. The summed E-state index contributed by atoms with van der Waals surface area (Å²) >= 11 is 7.41. The molecule has 0 aromatic heterocycles. The Labute approximate surface area is 143 Å². The smallest absolute Gasteiger partial charge is 0.283 e. The van der Waals surface area contributed by atoms with Crippen molar-refractivity contribution in [2.45, 2.75) is 11.4 Å². The number of nitrogens with zero attached hydrogens (tertiary/aromatic N) is 2. The summed E-state index contributed by atoms with van der Waals surface area (Å²) in [5, 5.41) is 11.3. The van der Waals surface area contributed by atoms with Gasteiger partial charge in [0.05, 0.1) is 4.92 Å². The average Bonchev–Trinajstić information content (AvgIpc) is 2.54. The first-order valence-corrected chi connectivity index (χ1v) is 8.35. The van der Waals surface area contributed by atoms with E-state index in [9.17, 15) is 14.9 Å². The Morgan fingerprint density at radius 1 is 1.26 bits per heavy atom. The molecule has 2 aromatic carbocycles. The highest BCUT2D eigenvalue weighted by Gasteiger charge is 2.23. The fourth-order valence-corrected chi connectivity index (χ4v) is 2.69. The summed E-state index contributed by atoms with van der Waals surface area (Å²) in [6.07, 6.45) is 1.99. The van der Waals surface area contributed by atoms with Gasteiger partial charge in [-0.3, -0.25) is 14.9 Å². The molecule has 5 nitrogen and oxygen atoms in total. The number of amides is 1. The average molecular weight is 351 g/mol. The van der Waals surface area contributed by atoms with Crippen LogP contribution >= 0.6 is 23.4 Å². The van der Waals surface area contributed by atoms with Crippen LogP contribution in [-0.4, -0.2) is 29.0 Å². The fraction of sp³-hybridized carbons (Fsp3) is 0.188. The van der Waals surface area contributed by atoms with E-state index in [0.717, 1.165) is 10.5 Å². The normalized spacial score (nSPS) is 10.4. The summed E-state index contributed by atoms with van der Waals surface area (Å²) in [5.41, 5.74) is 0.699. The zero-order valence-corrected chi connectivity index (χ0v) is 14.2. The molecule has 0 N–H and O–H groups in total. The Morgan fingerprint density at radius 3 is 2.48 bits per heavy atom. The van der Waals surface area contributed by atoms with Gasteiger partial charge in [0, 0.05) is 29.6 Å². The Morgan fingerprint density at radius 2 is 1.91 bits per heavy atom. The highest BCUT2D eigenvalue weighted by atomic mass is 35.5. The Hall–Kier alpha value is -2.05. The lowest BCUT2D eigenvalue weighted by Crippen LogP contribution is -2.26. The van der Waals surface area contributed by atoms with Crippen molar-refractivity contribution in [3.05, 3.63) is 68.7 Å². The van der Waals surface area contributed by atoms with Crippen LogP contribution in [0.25, 0.3) is 0 Å². The first-order chi connectivity index (χ1) is 10.9. The molecule has 7 heteroatoms. The van der Waals surface area contributed by atoms with E-state index in [1.165, 1.54) is 23.1 Å². The monoisotopic (exact) mass is 350 g/mol. The third-order valence-corrected chi connectivity index (χ3v) is 4.29. The van der Waals surface area contributed by atoms with Crippen molar-refractivity contribution >= 4 is 35.0 Å². The van der Waals surface area contributed by atoms with Gasteiger partial charge in [-0.1, -0.05) is 23.7 Å². The lowest BCUT2D eigenvalue weighted by atomic mass is 10.1. The molecule has 0 spiro atoms. The molecule has 2 rings (SSSR count). The van der Waals surface area contributed by atoms with Crippen LogP contribution in [0.2, 0.25) is 5.02 Å². The summed E-state index contributed by atoms with van der Waals surface area (Å²) < 4.78 is 0. The molecule has 0 aliphatic carbocycles. The van der Waals surface area contributed by atoms with Crippen molar-refractivity contribution in [3.8, 4) is 0 Å². The van der Waals surface area contributed by atoms with Gasteiger partial charge in [-0.05, 0) is 36.1 Å². The van der Waals surface area contributed by atoms with E-state index in [4.69, 9.17) is 11.6 Å². The fourth-order valence-electron chi connectivity index (χ4n) is 2.12. The minimum Gasteiger partial charge on any atom is -0.337 e. The lowest BCUT2D eigenvalue weighted by Gasteiger charge is -2.17. The molecule has 23 heavy (non-hydrogen) atoms. The van der Waals surface area contributed by atoms with Crippen LogP contribution in [0.5, 0.6) is 0 Å². The third-order valence-electron chi connectivity index (χ3n) is 3.31. The molecule has 120 valence electrons. The van der Waals surface area contributed by atoms with Gasteiger partial charge in [0.25, 0.3) is 11.6 Å². The highest BCUT2D eigenvalue weighted by molar-refractivity contribution is 7.98. The van der Waals surface area contributed by atoms with E-state index in [-0.39, 0.29) is 16.3 Å². The number of hydrogen-bond donors (Lipinski definition) is 0. The summed E-state index contributed by atoms with van der Waals surface area (Å²) in [6.45, 7) is 0.368. The van der Waals surface area contributed by atoms with Crippen LogP contribution in [0.15, 0.2) is 47.4 Å². The molecule has 0 fully saturated rings. The molecular formula is C16H15ClN2O3S. The predicted octanol–water partition coefficient (Wildman–Crippen LogP) is 4.24. The van der Waals surface area contributed by atoms with Crippen molar-refractivity contribution < 1.29 is 9.72 Å². The van der Waals surface area contributed by atoms with E-state index in [2.05, 4.69) is 0 Å². The molecule has 0 aliphatic rings. The van der Waals surface area contributed by atoms with Gasteiger partial charge < -0.3 is 4.90 Å². The molecule has 0 heterocycles. The van der Waals surface area contributed by atoms with Crippen molar-refractivity contribution in [3.63, 3.8) is 0 Å². The minimum absolute atomic E-state index is 0.0302. The number of halogens is 1. The number of nitro groups is 1. The standard InChI is InChI=1S/C16H15ClN2O3S/c1-18(10-11-3-6-13(23-2)7-4-11)16(20)14-8-5-12(17)9-15(14)19(21)22/h3-9H,10H2,1-2H3. The highest BCUT2D eigenvalue weighted by Crippen LogP contribution is 2.25. The Balaban J connectivity index is 2.20. The van der Waals surface area contributed by atoms with E-state index in [1.807, 2.05) is 30.5 Å². The van der Waals surface area contributed by atoms with Gasteiger partial charge in [-0.25, -0.2) is 0 Å². The van der Waals surface area contributed by atoms with E-state index in [0.29, 0.717) is 6.54 Å². The molecule has 0 unspecified atom stereocenters. The van der Waals surface area contributed by atoms with Gasteiger partial charge in [-0.2, -0.15) is 0 Å². The number of rotatable bonds is 5. The first kappa shape index (κ1) is 17.3. The summed E-state index contributed by atoms with van der Waals surface area (Å²) in [5.74, 6) is -0.415. The second-order valence-electron chi connectivity index (χ2n) is 4.93. The largest absolute Gasteiger partial charge is 0.337 e. The zero-order valence-electron chi connectivity index (χ0n) is 12.7. The van der Waals surface area contributed by atoms with Crippen LogP contribution < -0.4 is 0 Å². The number of benzene rings is 2. The van der Waals surface area contributed by atoms with Crippen molar-refractivity contribution in [1.29, 1.82) is 0 Å². The molecule has 1 amide bonds. The van der Waals surface area contributed by atoms with E-state index in [1.54, 1.807) is 18.8 Å². The minimum atomic E-state index is -0.597. The van der Waals surface area contributed by atoms with E-state index < -0.39 is 10.8 Å². The maximum absolute atomic E-state index is 12.5. The maximum Gasteiger partial charge on any atom is 0.283 e. The second-order valence-corrected chi connectivity index (χ2v) is 6.24. The number of thioether (sulfide) groups is 1. The van der Waals surface area contributed by atoms with Crippen LogP contribution in [0, 0.1) is 10.1 Å². The number of hydrogen-bond acceptors (Lipinski definition) is 4. The Bertz CT molecular complexity index is 735. The van der Waals surface area contributed by atoms with Crippen LogP contribution in [0.4, 0.5) is 5.69 Å². The van der Waals surface area contributed by atoms with Crippen LogP contribution in [0.3, 0.4) is 0 Å². The number of carbonyl (C=O) groups excluding carboxylic acids is 1. The zero-order chi connectivity index (χ0) is 17.0. The molecular weight excluding hydrogens is 336 g/mol. The van der Waals surface area contributed by atoms with Crippen molar-refractivity contribution in [1.82, 2.24) is 4.90 Å². The van der Waals surface area contributed by atoms with Gasteiger partial charge in [0.2, 0.25) is 0 Å². The Kier molecular flexibility index (Phi) is 5.63. The lowest BCUT2D eigenvalue weighted by molar-refractivity contribution is -0.385. The summed E-state index contributed by atoms with van der Waals surface area (Å²) in [4.78, 5) is 25.6. The molecule has 0 saturated carbocycles. The van der Waals surface area contributed by atoms with Gasteiger partial charge >= 0.3 is 0 Å². The molecule has 2 aromatic rings. The summed E-state index contributed by atoms with van der Waals surface area (Å²) in [7, 11) is 1.61. The van der Waals surface area contributed by atoms with Gasteiger partial charge in [0.15, 0.2) is 0 Å². The topological polar surface area (TPSA) is 63.5 Å². The molecule has 0 atom stereocenters. The third kappa shape index (κ3) is 4.24. The van der Waals surface area contributed by atoms with Crippen molar-refractivity contribution in [2.75, 3.05) is 13.3 Å². The molecule has 0 saturated heterocycles. The van der Waals surface area contributed by atoms with Gasteiger partial charge in [-0.15, -0.1) is 11.8 Å². The first-order valence-electron chi connectivity index (χ1n) is 6.74. The molecule has 0 radical (unpaired) electrons. The number of carbonyl (C=O) groups is 1. The number of nitro benzene ring substituents is 1. The second kappa shape index (κ2) is 7.48. The summed E-state index contributed by atoms with van der Waals surface area (Å²) in [6, 6.07) is 11.9. The quantitative estimate of drug-likeness (QED) is 0.459. The molecule has 0 aliphatic heterocycles. The SMILES string of the molecule is CSc1ccc(CN(C)C(=O)c2ccc(Cl)cc2[N+](=O)[O-])cc1.